The van der Waals surface area contributed by atoms with Gasteiger partial charge in [0.25, 0.3) is 0 Å². The number of carbonyl (C=O) groups excluding carboxylic acids is 2. The van der Waals surface area contributed by atoms with E-state index in [-0.39, 0.29) is 26.2 Å². The molecule has 0 fully saturated rings. The summed E-state index contributed by atoms with van der Waals surface area (Å²) in [5.74, 6) is -1.03. The first-order valence-electron chi connectivity index (χ1n) is 13.1. The summed E-state index contributed by atoms with van der Waals surface area (Å²) in [4.78, 5) is 32.7. The number of nitrogens with two attached hydrogens (primary N) is 1. The van der Waals surface area contributed by atoms with Gasteiger partial charge in [0.1, 0.15) is 6.61 Å². The molecule has 3 N–H and O–H groups in total. The summed E-state index contributed by atoms with van der Waals surface area (Å²) >= 11 is 0. The summed E-state index contributed by atoms with van der Waals surface area (Å²) in [5.41, 5.74) is 5.23. The first-order valence-corrected chi connectivity index (χ1v) is 14.6. The molecule has 0 amide bonds. The number of ether oxygens (including phenoxy) is 2. The van der Waals surface area contributed by atoms with E-state index in [0.717, 1.165) is 32.1 Å². The van der Waals surface area contributed by atoms with Gasteiger partial charge in [-0.1, -0.05) is 70.4 Å². The van der Waals surface area contributed by atoms with E-state index < -0.39 is 32.5 Å². The second-order valence-electron chi connectivity index (χ2n) is 8.63. The Morgan fingerprint density at radius 2 is 1.46 bits per heavy atom. The molecule has 2 atom stereocenters. The van der Waals surface area contributed by atoms with Crippen LogP contribution in [-0.4, -0.2) is 49.3 Å². The SMILES string of the molecule is CCCCCCCC/C=C\CCCCCCCC(=O)OC(COC(C)=O)COP(=O)(O)OCCN. The van der Waals surface area contributed by atoms with Crippen LogP contribution in [0.5, 0.6) is 0 Å². The van der Waals surface area contributed by atoms with Crippen LogP contribution in [0.25, 0.3) is 0 Å². The van der Waals surface area contributed by atoms with Crippen molar-refractivity contribution in [3.8, 4) is 0 Å². The molecule has 206 valence electrons. The number of esters is 2. The zero-order valence-corrected chi connectivity index (χ0v) is 22.7. The number of rotatable bonds is 24. The normalized spacial score (nSPS) is 14.1. The van der Waals surface area contributed by atoms with Crippen molar-refractivity contribution in [2.45, 2.75) is 110 Å². The van der Waals surface area contributed by atoms with Crippen LogP contribution in [-0.2, 0) is 32.7 Å². The third kappa shape index (κ3) is 24.2. The van der Waals surface area contributed by atoms with Crippen LogP contribution in [0.2, 0.25) is 0 Å². The van der Waals surface area contributed by atoms with E-state index in [1.807, 2.05) is 0 Å². The molecule has 0 heterocycles. The molecule has 10 heteroatoms. The van der Waals surface area contributed by atoms with Crippen LogP contribution < -0.4 is 5.73 Å². The van der Waals surface area contributed by atoms with Gasteiger partial charge in [0.05, 0.1) is 13.2 Å². The van der Waals surface area contributed by atoms with Gasteiger partial charge >= 0.3 is 19.8 Å². The maximum Gasteiger partial charge on any atom is 0.472 e. The summed E-state index contributed by atoms with van der Waals surface area (Å²) in [6.45, 7) is 2.63. The van der Waals surface area contributed by atoms with Gasteiger partial charge < -0.3 is 20.1 Å². The second kappa shape index (κ2) is 23.2. The monoisotopic (exact) mass is 521 g/mol. The lowest BCUT2D eigenvalue weighted by Crippen LogP contribution is -2.29. The van der Waals surface area contributed by atoms with Gasteiger partial charge in [-0.05, 0) is 32.1 Å². The number of allylic oxidation sites excluding steroid dienone is 2. The number of phosphoric acid groups is 1. The van der Waals surface area contributed by atoms with E-state index in [0.29, 0.717) is 6.42 Å². The van der Waals surface area contributed by atoms with Crippen molar-refractivity contribution >= 4 is 19.8 Å². The molecule has 0 aromatic rings. The number of phosphoric ester groups is 1. The minimum absolute atomic E-state index is 0.0513. The number of hydrogen-bond acceptors (Lipinski definition) is 8. The lowest BCUT2D eigenvalue weighted by Gasteiger charge is -2.19. The molecule has 35 heavy (non-hydrogen) atoms. The third-order valence-corrected chi connectivity index (χ3v) is 6.19. The Kier molecular flexibility index (Phi) is 22.3. The van der Waals surface area contributed by atoms with Crippen molar-refractivity contribution in [3.05, 3.63) is 12.2 Å². The minimum Gasteiger partial charge on any atom is -0.462 e. The molecule has 0 aromatic heterocycles. The van der Waals surface area contributed by atoms with E-state index in [1.54, 1.807) is 0 Å². The van der Waals surface area contributed by atoms with Gasteiger partial charge in [0.2, 0.25) is 0 Å². The van der Waals surface area contributed by atoms with E-state index in [1.165, 1.54) is 51.9 Å². The first kappa shape index (κ1) is 33.8. The molecule has 0 aliphatic rings. The average molecular weight is 522 g/mol. The Labute approximate surface area is 211 Å². The molecule has 0 radical (unpaired) electrons. The molecule has 0 aromatic carbocycles. The third-order valence-electron chi connectivity index (χ3n) is 5.21. The Balaban J connectivity index is 3.93. The highest BCUT2D eigenvalue weighted by molar-refractivity contribution is 7.47. The predicted octanol–water partition coefficient (Wildman–Crippen LogP) is 5.59. The largest absolute Gasteiger partial charge is 0.472 e. The zero-order valence-electron chi connectivity index (χ0n) is 21.8. The van der Waals surface area contributed by atoms with Crippen molar-refractivity contribution in [2.24, 2.45) is 5.73 Å². The maximum absolute atomic E-state index is 12.1. The molecule has 2 unspecified atom stereocenters. The lowest BCUT2D eigenvalue weighted by atomic mass is 10.1. The summed E-state index contributed by atoms with van der Waals surface area (Å²) in [6, 6.07) is 0. The van der Waals surface area contributed by atoms with Gasteiger partial charge in [-0.25, -0.2) is 4.57 Å². The summed E-state index contributed by atoms with van der Waals surface area (Å²) in [6.07, 6.45) is 18.9. The molecule has 0 aliphatic carbocycles. The van der Waals surface area contributed by atoms with Gasteiger partial charge in [-0.2, -0.15) is 0 Å². The number of unbranched alkanes of at least 4 members (excludes halogenated alkanes) is 11. The summed E-state index contributed by atoms with van der Waals surface area (Å²) < 4.78 is 31.3. The highest BCUT2D eigenvalue weighted by Crippen LogP contribution is 2.43. The predicted molar refractivity (Wildman–Crippen MR) is 137 cm³/mol. The van der Waals surface area contributed by atoms with E-state index >= 15 is 0 Å². The van der Waals surface area contributed by atoms with Gasteiger partial charge in [-0.3, -0.25) is 18.6 Å². The highest BCUT2D eigenvalue weighted by Gasteiger charge is 2.25. The van der Waals surface area contributed by atoms with Gasteiger partial charge in [0, 0.05) is 19.9 Å². The summed E-state index contributed by atoms with van der Waals surface area (Å²) in [5, 5.41) is 0. The molecule has 0 saturated heterocycles. The van der Waals surface area contributed by atoms with Crippen LogP contribution in [0.1, 0.15) is 104 Å². The quantitative estimate of drug-likeness (QED) is 0.0721. The molecule has 0 bridgehead atoms. The Bertz CT molecular complexity index is 614. The zero-order chi connectivity index (χ0) is 26.2. The van der Waals surface area contributed by atoms with Gasteiger partial charge in [-0.15, -0.1) is 0 Å². The fourth-order valence-electron chi connectivity index (χ4n) is 3.29. The van der Waals surface area contributed by atoms with Crippen LogP contribution in [0, 0.1) is 0 Å². The fraction of sp³-hybridized carbons (Fsp3) is 0.840. The topological polar surface area (TPSA) is 134 Å². The number of hydrogen-bond donors (Lipinski definition) is 2. The molecule has 0 rings (SSSR count). The van der Waals surface area contributed by atoms with Crippen molar-refractivity contribution in [1.82, 2.24) is 0 Å². The standard InChI is InChI=1S/C25H48NO8P/c1-3-4-5-6-7-8-9-10-11-12-13-14-15-16-17-18-25(28)34-24(21-31-23(2)27)22-33-35(29,30)32-20-19-26/h10-11,24H,3-9,12-22,26H2,1-2H3,(H,29,30)/b11-10-. The molecule has 0 saturated carbocycles. The van der Waals surface area contributed by atoms with Crippen LogP contribution in [0.3, 0.4) is 0 Å². The van der Waals surface area contributed by atoms with Crippen LogP contribution >= 0.6 is 7.82 Å². The van der Waals surface area contributed by atoms with Crippen molar-refractivity contribution < 1.29 is 37.6 Å². The fourth-order valence-corrected chi connectivity index (χ4v) is 4.06. The molecule has 9 nitrogen and oxygen atoms in total. The van der Waals surface area contributed by atoms with E-state index in [2.05, 4.69) is 23.6 Å². The molecular formula is C25H48NO8P. The molecule has 0 aliphatic heterocycles. The molecular weight excluding hydrogens is 473 g/mol. The van der Waals surface area contributed by atoms with Crippen molar-refractivity contribution in [1.29, 1.82) is 0 Å². The van der Waals surface area contributed by atoms with Crippen LogP contribution in [0.4, 0.5) is 0 Å². The highest BCUT2D eigenvalue weighted by atomic mass is 31.2. The minimum atomic E-state index is -4.32. The number of carbonyl (C=O) groups is 2. The smallest absolute Gasteiger partial charge is 0.462 e. The lowest BCUT2D eigenvalue weighted by molar-refractivity contribution is -0.160. The Morgan fingerprint density at radius 3 is 2.03 bits per heavy atom. The summed E-state index contributed by atoms with van der Waals surface area (Å²) in [7, 11) is -4.32. The average Bonchev–Trinajstić information content (AvgIpc) is 2.82. The maximum atomic E-state index is 12.1. The van der Waals surface area contributed by atoms with Crippen molar-refractivity contribution in [3.63, 3.8) is 0 Å². The first-order chi connectivity index (χ1) is 16.8. The Morgan fingerprint density at radius 1 is 0.886 bits per heavy atom. The van der Waals surface area contributed by atoms with Crippen molar-refractivity contribution in [2.75, 3.05) is 26.4 Å². The van der Waals surface area contributed by atoms with Gasteiger partial charge in [0.15, 0.2) is 6.10 Å². The van der Waals surface area contributed by atoms with Crippen LogP contribution in [0.15, 0.2) is 12.2 Å². The molecule has 0 spiro atoms. The van der Waals surface area contributed by atoms with E-state index in [9.17, 15) is 19.0 Å². The van der Waals surface area contributed by atoms with E-state index in [4.69, 9.17) is 19.7 Å². The second-order valence-corrected chi connectivity index (χ2v) is 10.1. The Hall–Kier alpha value is -1.25.